The Morgan fingerprint density at radius 3 is 1.63 bits per heavy atom. The number of hydrogen-bond donors (Lipinski definition) is 0. The van der Waals surface area contributed by atoms with E-state index in [9.17, 15) is 14.4 Å². The van der Waals surface area contributed by atoms with Gasteiger partial charge in [0.05, 0.1) is 31.9 Å². The van der Waals surface area contributed by atoms with Crippen LogP contribution in [-0.4, -0.2) is 78.8 Å². The second-order valence-corrected chi connectivity index (χ2v) is 12.2. The van der Waals surface area contributed by atoms with Crippen LogP contribution in [0.5, 0.6) is 23.0 Å². The Hall–Kier alpha value is -4.77. The first-order valence-electron chi connectivity index (χ1n) is 15.4. The zero-order valence-corrected chi connectivity index (χ0v) is 27.0. The molecule has 2 heterocycles. The number of hydrogen-bond acceptors (Lipinski definition) is 9. The minimum Gasteiger partial charge on any atom is -0.497 e. The van der Waals surface area contributed by atoms with Crippen molar-refractivity contribution in [2.24, 2.45) is 0 Å². The van der Waals surface area contributed by atoms with E-state index in [4.69, 9.17) is 23.7 Å². The normalized spacial score (nSPS) is 14.7. The summed E-state index contributed by atoms with van der Waals surface area (Å²) in [5, 5.41) is 2.00. The van der Waals surface area contributed by atoms with Crippen molar-refractivity contribution in [3.63, 3.8) is 0 Å². The molecule has 2 aliphatic rings. The average molecular weight is 632 g/mol. The van der Waals surface area contributed by atoms with Gasteiger partial charge >= 0.3 is 6.09 Å². The van der Waals surface area contributed by atoms with E-state index in [1.54, 1.807) is 35.0 Å². The zero-order valence-electron chi connectivity index (χ0n) is 27.0. The molecular formula is C35H41N3O8. The van der Waals surface area contributed by atoms with Crippen LogP contribution in [0.3, 0.4) is 0 Å². The molecule has 11 heteroatoms. The third-order valence-corrected chi connectivity index (χ3v) is 7.71. The largest absolute Gasteiger partial charge is 0.497 e. The van der Waals surface area contributed by atoms with Crippen molar-refractivity contribution in [2.75, 3.05) is 40.4 Å². The fourth-order valence-corrected chi connectivity index (χ4v) is 5.27. The van der Waals surface area contributed by atoms with Gasteiger partial charge in [-0.15, -0.1) is 0 Å². The Kier molecular flexibility index (Phi) is 10.0. The van der Waals surface area contributed by atoms with Crippen LogP contribution in [0.25, 0.3) is 0 Å². The molecule has 0 aliphatic carbocycles. The fraction of sp³-hybridized carbons (Fsp3) is 0.400. The average Bonchev–Trinajstić information content (AvgIpc) is 3.65. The number of fused-ring (bicyclic) bond motifs is 1. The number of carbonyl (C=O) groups excluding carboxylic acids is 3. The lowest BCUT2D eigenvalue weighted by molar-refractivity contribution is -0.0305. The molecule has 11 nitrogen and oxygen atoms in total. The molecule has 0 saturated carbocycles. The van der Waals surface area contributed by atoms with Crippen molar-refractivity contribution in [3.8, 4) is 23.0 Å². The number of carbonyl (C=O) groups is 3. The number of amides is 3. The highest BCUT2D eigenvalue weighted by atomic mass is 16.6. The molecule has 1 saturated heterocycles. The number of imide groups is 1. The zero-order chi connectivity index (χ0) is 32.8. The van der Waals surface area contributed by atoms with Crippen LogP contribution >= 0.6 is 0 Å². The summed E-state index contributed by atoms with van der Waals surface area (Å²) in [7, 11) is 3.20. The first-order chi connectivity index (χ1) is 22.1. The van der Waals surface area contributed by atoms with Gasteiger partial charge < -0.3 is 28.6 Å². The van der Waals surface area contributed by atoms with E-state index in [2.05, 4.69) is 4.90 Å². The van der Waals surface area contributed by atoms with Crippen LogP contribution in [0, 0.1) is 0 Å². The number of likely N-dealkylation sites (tertiary alicyclic amines) is 1. The maximum atomic E-state index is 13.9. The van der Waals surface area contributed by atoms with E-state index >= 15 is 0 Å². The number of nitrogens with zero attached hydrogens (tertiary/aromatic N) is 3. The molecule has 0 spiro atoms. The van der Waals surface area contributed by atoms with Crippen molar-refractivity contribution >= 4 is 17.9 Å². The minimum atomic E-state index is -0.827. The van der Waals surface area contributed by atoms with Gasteiger partial charge in [-0.25, -0.2) is 9.80 Å². The Labute approximate surface area is 269 Å². The van der Waals surface area contributed by atoms with E-state index in [0.717, 1.165) is 47.1 Å². The lowest BCUT2D eigenvalue weighted by Gasteiger charge is -2.33. The van der Waals surface area contributed by atoms with Gasteiger partial charge in [0.1, 0.15) is 30.3 Å². The molecule has 5 rings (SSSR count). The van der Waals surface area contributed by atoms with Gasteiger partial charge in [-0.05, 0) is 94.2 Å². The van der Waals surface area contributed by atoms with E-state index < -0.39 is 23.5 Å². The topological polar surface area (TPSA) is 107 Å². The number of methoxy groups -OCH3 is 2. The third-order valence-electron chi connectivity index (χ3n) is 7.71. The van der Waals surface area contributed by atoms with Gasteiger partial charge in [-0.2, -0.15) is 5.01 Å². The summed E-state index contributed by atoms with van der Waals surface area (Å²) >= 11 is 0. The van der Waals surface area contributed by atoms with Crippen molar-refractivity contribution < 1.29 is 38.1 Å². The highest BCUT2D eigenvalue weighted by Gasteiger charge is 2.44. The summed E-state index contributed by atoms with van der Waals surface area (Å²) in [5.41, 5.74) is 1.13. The van der Waals surface area contributed by atoms with Crippen molar-refractivity contribution in [1.29, 1.82) is 0 Å². The molecule has 0 N–H and O–H groups in total. The molecule has 2 aliphatic heterocycles. The Bertz CT molecular complexity index is 1450. The predicted octanol–water partition coefficient (Wildman–Crippen LogP) is 5.71. The maximum Gasteiger partial charge on any atom is 0.429 e. The van der Waals surface area contributed by atoms with E-state index in [1.807, 2.05) is 48.5 Å². The predicted molar refractivity (Wildman–Crippen MR) is 170 cm³/mol. The van der Waals surface area contributed by atoms with Gasteiger partial charge in [-0.3, -0.25) is 9.59 Å². The molecule has 3 aromatic rings. The van der Waals surface area contributed by atoms with Crippen molar-refractivity contribution in [1.82, 2.24) is 14.9 Å². The summed E-state index contributed by atoms with van der Waals surface area (Å²) < 4.78 is 28.5. The lowest BCUT2D eigenvalue weighted by Crippen LogP contribution is -2.53. The molecule has 0 aromatic heterocycles. The molecule has 1 fully saturated rings. The second kappa shape index (κ2) is 14.1. The Balaban J connectivity index is 1.44. The summed E-state index contributed by atoms with van der Waals surface area (Å²) in [6.07, 6.45) is 1.36. The second-order valence-electron chi connectivity index (χ2n) is 12.2. The summed E-state index contributed by atoms with van der Waals surface area (Å²) in [5.74, 6) is 0.729. The molecule has 46 heavy (non-hydrogen) atoms. The molecule has 0 unspecified atom stereocenters. The van der Waals surface area contributed by atoms with Crippen LogP contribution in [0.2, 0.25) is 0 Å². The van der Waals surface area contributed by atoms with E-state index in [-0.39, 0.29) is 42.4 Å². The van der Waals surface area contributed by atoms with Gasteiger partial charge in [0.2, 0.25) is 0 Å². The number of rotatable bonds is 12. The lowest BCUT2D eigenvalue weighted by atomic mass is 10.1. The highest BCUT2D eigenvalue weighted by Crippen LogP contribution is 2.37. The Morgan fingerprint density at radius 1 is 0.761 bits per heavy atom. The first kappa shape index (κ1) is 32.6. The monoisotopic (exact) mass is 631 g/mol. The molecule has 0 atom stereocenters. The van der Waals surface area contributed by atoms with Gasteiger partial charge in [0.15, 0.2) is 11.5 Å². The van der Waals surface area contributed by atoms with Gasteiger partial charge in [0.25, 0.3) is 11.8 Å². The minimum absolute atomic E-state index is 0.112. The fourth-order valence-electron chi connectivity index (χ4n) is 5.27. The van der Waals surface area contributed by atoms with Crippen LogP contribution in [-0.2, 0) is 18.0 Å². The molecule has 3 amide bonds. The molecule has 0 radical (unpaired) electrons. The van der Waals surface area contributed by atoms with Gasteiger partial charge in [-0.1, -0.05) is 24.3 Å². The van der Waals surface area contributed by atoms with E-state index in [0.29, 0.717) is 18.0 Å². The van der Waals surface area contributed by atoms with Crippen LogP contribution < -0.4 is 18.9 Å². The third kappa shape index (κ3) is 7.71. The quantitative estimate of drug-likeness (QED) is 0.233. The highest BCUT2D eigenvalue weighted by molar-refractivity contribution is 6.22. The standard InChI is InChI=1S/C35H41N3O8/c1-35(2,3)46-34(41)37(19-18-36-16-6-7-17-36)38-32(39)28-20-30(44-22-24-8-12-26(42-4)13-9-24)31(21-29(28)33(38)40)45-23-25-10-14-27(43-5)15-11-25/h8-15,20-21H,6-7,16-19,22-23H2,1-5H3. The number of hydrazine groups is 1. The Morgan fingerprint density at radius 2 is 1.22 bits per heavy atom. The van der Waals surface area contributed by atoms with Crippen molar-refractivity contribution in [3.05, 3.63) is 82.9 Å². The van der Waals surface area contributed by atoms with E-state index in [1.165, 1.54) is 12.1 Å². The molecule has 3 aromatic carbocycles. The maximum absolute atomic E-state index is 13.9. The number of ether oxygens (including phenoxy) is 5. The number of benzene rings is 3. The first-order valence-corrected chi connectivity index (χ1v) is 15.4. The van der Waals surface area contributed by atoms with Crippen LogP contribution in [0.4, 0.5) is 4.79 Å². The smallest absolute Gasteiger partial charge is 0.429 e. The summed E-state index contributed by atoms with van der Waals surface area (Å²) in [4.78, 5) is 43.4. The van der Waals surface area contributed by atoms with Crippen LogP contribution in [0.15, 0.2) is 60.7 Å². The van der Waals surface area contributed by atoms with Gasteiger partial charge in [0, 0.05) is 6.54 Å². The van der Waals surface area contributed by atoms with Crippen LogP contribution in [0.1, 0.15) is 65.5 Å². The van der Waals surface area contributed by atoms with Crippen molar-refractivity contribution in [2.45, 2.75) is 52.4 Å². The summed E-state index contributed by atoms with van der Waals surface area (Å²) in [6.45, 7) is 7.98. The summed E-state index contributed by atoms with van der Waals surface area (Å²) in [6, 6.07) is 17.8. The SMILES string of the molecule is COc1ccc(COc2cc3c(cc2OCc2ccc(OC)cc2)C(=O)N(N(CCN2CCCC2)C(=O)OC(C)(C)C)C3=O)cc1. The molecular weight excluding hydrogens is 590 g/mol. The molecule has 0 bridgehead atoms. The molecule has 244 valence electrons.